The van der Waals surface area contributed by atoms with E-state index in [1.54, 1.807) is 25.2 Å². The van der Waals surface area contributed by atoms with E-state index in [-0.39, 0.29) is 5.75 Å². The van der Waals surface area contributed by atoms with Crippen LogP contribution in [0.25, 0.3) is 0 Å². The first kappa shape index (κ1) is 15.7. The van der Waals surface area contributed by atoms with Gasteiger partial charge in [-0.2, -0.15) is 0 Å². The van der Waals surface area contributed by atoms with Gasteiger partial charge in [-0.3, -0.25) is 4.31 Å². The van der Waals surface area contributed by atoms with Gasteiger partial charge in [-0.1, -0.05) is 29.8 Å². The first-order chi connectivity index (χ1) is 11.0. The van der Waals surface area contributed by atoms with Gasteiger partial charge in [0, 0.05) is 13.1 Å². The molecule has 3 rings (SSSR count). The van der Waals surface area contributed by atoms with Gasteiger partial charge in [-0.15, -0.1) is 0 Å². The molecule has 0 amide bonds. The summed E-state index contributed by atoms with van der Waals surface area (Å²) in [7, 11) is -1.92. The Labute approximate surface area is 136 Å². The van der Waals surface area contributed by atoms with Crippen LogP contribution < -0.4 is 13.8 Å². The molecule has 0 saturated carbocycles. The summed E-state index contributed by atoms with van der Waals surface area (Å²) in [6.07, 6.45) is 0. The molecule has 2 aromatic carbocycles. The molecular formula is C17H19NO4S. The summed E-state index contributed by atoms with van der Waals surface area (Å²) in [5, 5.41) is 0. The third kappa shape index (κ3) is 3.42. The quantitative estimate of drug-likeness (QED) is 0.863. The molecule has 1 aliphatic heterocycles. The average molecular weight is 333 g/mol. The smallest absolute Gasteiger partial charge is 0.239 e. The highest BCUT2D eigenvalue weighted by atomic mass is 32.2. The average Bonchev–Trinajstić information content (AvgIpc) is 2.55. The first-order valence-corrected chi connectivity index (χ1v) is 8.98. The van der Waals surface area contributed by atoms with Crippen LogP contribution in [-0.2, 0) is 15.8 Å². The van der Waals surface area contributed by atoms with E-state index in [0.29, 0.717) is 30.4 Å². The maximum atomic E-state index is 12.6. The van der Waals surface area contributed by atoms with Crippen LogP contribution in [0, 0.1) is 6.92 Å². The van der Waals surface area contributed by atoms with Crippen LogP contribution in [0.1, 0.15) is 11.1 Å². The van der Waals surface area contributed by atoms with E-state index in [0.717, 1.165) is 11.1 Å². The summed E-state index contributed by atoms with van der Waals surface area (Å²) in [6, 6.07) is 12.7. The fourth-order valence-corrected chi connectivity index (χ4v) is 3.62. The molecule has 0 N–H and O–H groups in total. The lowest BCUT2D eigenvalue weighted by Gasteiger charge is -2.23. The largest absolute Gasteiger partial charge is 0.486 e. The van der Waals surface area contributed by atoms with E-state index in [1.165, 1.54) is 4.31 Å². The Bertz CT molecular complexity index is 800. The minimum atomic E-state index is -3.47. The van der Waals surface area contributed by atoms with Gasteiger partial charge in [0.15, 0.2) is 11.5 Å². The molecule has 6 heteroatoms. The van der Waals surface area contributed by atoms with E-state index in [2.05, 4.69) is 0 Å². The van der Waals surface area contributed by atoms with Crippen molar-refractivity contribution < 1.29 is 17.9 Å². The van der Waals surface area contributed by atoms with Crippen LogP contribution in [0.4, 0.5) is 5.69 Å². The lowest BCUT2D eigenvalue weighted by atomic mass is 10.2. The van der Waals surface area contributed by atoms with E-state index in [9.17, 15) is 8.42 Å². The summed E-state index contributed by atoms with van der Waals surface area (Å²) in [5.74, 6) is 1.17. The van der Waals surface area contributed by atoms with Crippen molar-refractivity contribution in [2.24, 2.45) is 0 Å². The lowest BCUT2D eigenvalue weighted by Crippen LogP contribution is -2.28. The first-order valence-electron chi connectivity index (χ1n) is 7.37. The topological polar surface area (TPSA) is 55.8 Å². The molecule has 0 unspecified atom stereocenters. The number of aryl methyl sites for hydroxylation is 1. The van der Waals surface area contributed by atoms with Gasteiger partial charge < -0.3 is 9.47 Å². The van der Waals surface area contributed by atoms with Gasteiger partial charge in [0.1, 0.15) is 13.2 Å². The summed E-state index contributed by atoms with van der Waals surface area (Å²) >= 11 is 0. The van der Waals surface area contributed by atoms with E-state index in [1.807, 2.05) is 31.2 Å². The molecule has 0 radical (unpaired) electrons. The van der Waals surface area contributed by atoms with Crippen molar-refractivity contribution in [3.63, 3.8) is 0 Å². The molecular weight excluding hydrogens is 314 g/mol. The highest BCUT2D eigenvalue weighted by Gasteiger charge is 2.21. The van der Waals surface area contributed by atoms with E-state index < -0.39 is 10.0 Å². The summed E-state index contributed by atoms with van der Waals surface area (Å²) in [6.45, 7) is 2.95. The zero-order valence-electron chi connectivity index (χ0n) is 13.2. The molecule has 0 saturated heterocycles. The SMILES string of the molecule is Cc1ccc(CS(=O)(=O)N(C)c2ccc3c(c2)OCCO3)cc1. The Morgan fingerprint density at radius 3 is 2.35 bits per heavy atom. The van der Waals surface area contributed by atoms with Crippen molar-refractivity contribution in [3.05, 3.63) is 53.6 Å². The molecule has 2 aromatic rings. The number of fused-ring (bicyclic) bond motifs is 1. The zero-order chi connectivity index (χ0) is 16.4. The van der Waals surface area contributed by atoms with Crippen LogP contribution in [0.5, 0.6) is 11.5 Å². The Morgan fingerprint density at radius 1 is 1.00 bits per heavy atom. The van der Waals surface area contributed by atoms with Crippen molar-refractivity contribution in [2.75, 3.05) is 24.6 Å². The minimum Gasteiger partial charge on any atom is -0.486 e. The van der Waals surface area contributed by atoms with Crippen molar-refractivity contribution in [3.8, 4) is 11.5 Å². The van der Waals surface area contributed by atoms with Crippen molar-refractivity contribution in [1.82, 2.24) is 0 Å². The monoisotopic (exact) mass is 333 g/mol. The van der Waals surface area contributed by atoms with Crippen molar-refractivity contribution in [2.45, 2.75) is 12.7 Å². The molecule has 1 heterocycles. The number of hydrogen-bond acceptors (Lipinski definition) is 4. The van der Waals surface area contributed by atoms with Gasteiger partial charge in [0.25, 0.3) is 0 Å². The number of rotatable bonds is 4. The molecule has 0 spiro atoms. The minimum absolute atomic E-state index is 0.0434. The zero-order valence-corrected chi connectivity index (χ0v) is 14.0. The third-order valence-corrected chi connectivity index (χ3v) is 5.52. The van der Waals surface area contributed by atoms with Gasteiger partial charge in [-0.25, -0.2) is 8.42 Å². The standard InChI is InChI=1S/C17H19NO4S/c1-13-3-5-14(6-4-13)12-23(19,20)18(2)15-7-8-16-17(11-15)22-10-9-21-16/h3-8,11H,9-10,12H2,1-2H3. The summed E-state index contributed by atoms with van der Waals surface area (Å²) in [5.41, 5.74) is 2.42. The number of sulfonamides is 1. The van der Waals surface area contributed by atoms with Crippen LogP contribution in [0.15, 0.2) is 42.5 Å². The predicted octanol–water partition coefficient (Wildman–Crippen LogP) is 2.73. The number of ether oxygens (including phenoxy) is 2. The molecule has 122 valence electrons. The Kier molecular flexibility index (Phi) is 4.17. The highest BCUT2D eigenvalue weighted by molar-refractivity contribution is 7.92. The number of anilines is 1. The molecule has 5 nitrogen and oxygen atoms in total. The van der Waals surface area contributed by atoms with Crippen LogP contribution in [0.3, 0.4) is 0 Å². The lowest BCUT2D eigenvalue weighted by molar-refractivity contribution is 0.171. The molecule has 0 bridgehead atoms. The fraction of sp³-hybridized carbons (Fsp3) is 0.294. The third-order valence-electron chi connectivity index (χ3n) is 3.78. The van der Waals surface area contributed by atoms with Crippen LogP contribution in [0.2, 0.25) is 0 Å². The summed E-state index contributed by atoms with van der Waals surface area (Å²) in [4.78, 5) is 0. The van der Waals surface area contributed by atoms with Gasteiger partial charge in [0.05, 0.1) is 11.4 Å². The molecule has 0 aliphatic carbocycles. The second kappa shape index (κ2) is 6.12. The fourth-order valence-electron chi connectivity index (χ4n) is 2.38. The second-order valence-corrected chi connectivity index (χ2v) is 7.54. The van der Waals surface area contributed by atoms with Crippen LogP contribution >= 0.6 is 0 Å². The molecule has 0 fully saturated rings. The number of nitrogens with zero attached hydrogens (tertiary/aromatic N) is 1. The molecule has 1 aliphatic rings. The van der Waals surface area contributed by atoms with Crippen molar-refractivity contribution in [1.29, 1.82) is 0 Å². The Morgan fingerprint density at radius 2 is 1.65 bits per heavy atom. The number of hydrogen-bond donors (Lipinski definition) is 0. The second-order valence-electron chi connectivity index (χ2n) is 5.54. The predicted molar refractivity (Wildman–Crippen MR) is 89.6 cm³/mol. The van der Waals surface area contributed by atoms with Gasteiger partial charge in [-0.05, 0) is 24.6 Å². The Balaban J connectivity index is 1.83. The van der Waals surface area contributed by atoms with Gasteiger partial charge >= 0.3 is 0 Å². The van der Waals surface area contributed by atoms with E-state index >= 15 is 0 Å². The summed E-state index contributed by atoms with van der Waals surface area (Å²) < 4.78 is 37.5. The van der Waals surface area contributed by atoms with E-state index in [4.69, 9.17) is 9.47 Å². The highest BCUT2D eigenvalue weighted by Crippen LogP contribution is 2.34. The maximum Gasteiger partial charge on any atom is 0.239 e. The molecule has 23 heavy (non-hydrogen) atoms. The van der Waals surface area contributed by atoms with Crippen molar-refractivity contribution >= 4 is 15.7 Å². The van der Waals surface area contributed by atoms with Gasteiger partial charge in [0.2, 0.25) is 10.0 Å². The normalized spacial score (nSPS) is 13.7. The molecule has 0 aromatic heterocycles. The molecule has 0 atom stereocenters. The maximum absolute atomic E-state index is 12.6. The number of benzene rings is 2. The van der Waals surface area contributed by atoms with Crippen LogP contribution in [-0.4, -0.2) is 28.7 Å². The Hall–Kier alpha value is -2.21.